The number of nitrogens with zero attached hydrogens (tertiary/aromatic N) is 2. The zero-order valence-corrected chi connectivity index (χ0v) is 15.0. The highest BCUT2D eigenvalue weighted by molar-refractivity contribution is 6.39. The lowest BCUT2D eigenvalue weighted by Gasteiger charge is -2.31. The summed E-state index contributed by atoms with van der Waals surface area (Å²) in [7, 11) is 0. The summed E-state index contributed by atoms with van der Waals surface area (Å²) in [5.74, 6) is -1.84. The summed E-state index contributed by atoms with van der Waals surface area (Å²) < 4.78 is 13.5. The largest absolute Gasteiger partial charge is 0.348 e. The number of hydrogen-bond acceptors (Lipinski definition) is 4. The second-order valence-corrected chi connectivity index (χ2v) is 6.68. The van der Waals surface area contributed by atoms with Crippen LogP contribution in [0.3, 0.4) is 0 Å². The molecule has 2 aromatic rings. The van der Waals surface area contributed by atoms with Crippen LogP contribution >= 0.6 is 0 Å². The minimum Gasteiger partial charge on any atom is -0.348 e. The number of pyridine rings is 1. The quantitative estimate of drug-likeness (QED) is 0.792. The topological polar surface area (TPSA) is 74.3 Å². The highest BCUT2D eigenvalue weighted by Gasteiger charge is 2.22. The number of carbonyl (C=O) groups excluding carboxylic acids is 2. The molecule has 2 amide bonds. The zero-order chi connectivity index (χ0) is 19.1. The molecule has 0 spiro atoms. The SMILES string of the molecule is O=C(NCC1CCN(Cc2ccccn2)CC1)C(=O)Nc1ccccc1F. The third kappa shape index (κ3) is 5.59. The van der Waals surface area contributed by atoms with E-state index in [2.05, 4.69) is 20.5 Å². The number of aromatic nitrogens is 1. The molecule has 3 rings (SSSR count). The van der Waals surface area contributed by atoms with Crippen molar-refractivity contribution in [2.45, 2.75) is 19.4 Å². The first kappa shape index (κ1) is 19.0. The minimum absolute atomic E-state index is 0.000444. The molecule has 0 radical (unpaired) electrons. The van der Waals surface area contributed by atoms with Gasteiger partial charge in [0.15, 0.2) is 0 Å². The van der Waals surface area contributed by atoms with Gasteiger partial charge in [-0.3, -0.25) is 19.5 Å². The van der Waals surface area contributed by atoms with Gasteiger partial charge in [0.1, 0.15) is 5.82 Å². The number of amides is 2. The fourth-order valence-electron chi connectivity index (χ4n) is 3.13. The Morgan fingerprint density at radius 3 is 2.52 bits per heavy atom. The maximum absolute atomic E-state index is 13.5. The zero-order valence-electron chi connectivity index (χ0n) is 15.0. The van der Waals surface area contributed by atoms with Gasteiger partial charge in [-0.15, -0.1) is 0 Å². The number of carbonyl (C=O) groups is 2. The first-order chi connectivity index (χ1) is 13.1. The molecule has 2 N–H and O–H groups in total. The van der Waals surface area contributed by atoms with Crippen molar-refractivity contribution < 1.29 is 14.0 Å². The van der Waals surface area contributed by atoms with Crippen molar-refractivity contribution >= 4 is 17.5 Å². The second-order valence-electron chi connectivity index (χ2n) is 6.68. The molecule has 1 aliphatic heterocycles. The molecule has 1 aromatic heterocycles. The van der Waals surface area contributed by atoms with E-state index in [-0.39, 0.29) is 5.69 Å². The van der Waals surface area contributed by atoms with E-state index in [4.69, 9.17) is 0 Å². The number of halogens is 1. The van der Waals surface area contributed by atoms with Crippen LogP contribution in [0.25, 0.3) is 0 Å². The lowest BCUT2D eigenvalue weighted by atomic mass is 9.96. The normalized spacial score (nSPS) is 15.3. The number of piperidine rings is 1. The maximum atomic E-state index is 13.5. The van der Waals surface area contributed by atoms with Gasteiger partial charge in [-0.2, -0.15) is 0 Å². The predicted octanol–water partition coefficient (Wildman–Crippen LogP) is 2.19. The summed E-state index contributed by atoms with van der Waals surface area (Å²) in [4.78, 5) is 30.5. The first-order valence-corrected chi connectivity index (χ1v) is 9.08. The van der Waals surface area contributed by atoms with Crippen LogP contribution in [0.2, 0.25) is 0 Å². The second kappa shape index (κ2) is 9.23. The number of benzene rings is 1. The fourth-order valence-corrected chi connectivity index (χ4v) is 3.13. The smallest absolute Gasteiger partial charge is 0.313 e. The summed E-state index contributed by atoms with van der Waals surface area (Å²) in [5, 5.41) is 4.94. The Labute approximate surface area is 157 Å². The lowest BCUT2D eigenvalue weighted by molar-refractivity contribution is -0.136. The Kier molecular flexibility index (Phi) is 6.49. The molecule has 1 fully saturated rings. The van der Waals surface area contributed by atoms with Crippen LogP contribution in [0.1, 0.15) is 18.5 Å². The Hall–Kier alpha value is -2.80. The number of hydrogen-bond donors (Lipinski definition) is 2. The fraction of sp³-hybridized carbons (Fsp3) is 0.350. The van der Waals surface area contributed by atoms with Crippen LogP contribution in [0.5, 0.6) is 0 Å². The van der Waals surface area contributed by atoms with E-state index >= 15 is 0 Å². The Balaban J connectivity index is 1.38. The molecule has 0 bridgehead atoms. The van der Waals surface area contributed by atoms with E-state index in [1.807, 2.05) is 18.2 Å². The van der Waals surface area contributed by atoms with Crippen molar-refractivity contribution in [1.82, 2.24) is 15.2 Å². The van der Waals surface area contributed by atoms with E-state index in [1.165, 1.54) is 18.2 Å². The van der Waals surface area contributed by atoms with Crippen LogP contribution < -0.4 is 10.6 Å². The van der Waals surface area contributed by atoms with Gasteiger partial charge in [0.25, 0.3) is 0 Å². The van der Waals surface area contributed by atoms with E-state index in [1.54, 1.807) is 12.3 Å². The van der Waals surface area contributed by atoms with Gasteiger partial charge < -0.3 is 10.6 Å². The molecule has 6 nitrogen and oxygen atoms in total. The molecule has 1 aliphatic rings. The van der Waals surface area contributed by atoms with Crippen LogP contribution in [-0.2, 0) is 16.1 Å². The van der Waals surface area contributed by atoms with Crippen molar-refractivity contribution in [2.75, 3.05) is 25.0 Å². The number of rotatable bonds is 5. The first-order valence-electron chi connectivity index (χ1n) is 9.08. The molecular weight excluding hydrogens is 347 g/mol. The van der Waals surface area contributed by atoms with Gasteiger partial charge in [-0.25, -0.2) is 4.39 Å². The van der Waals surface area contributed by atoms with Gasteiger partial charge >= 0.3 is 11.8 Å². The van der Waals surface area contributed by atoms with Crippen LogP contribution in [0, 0.1) is 11.7 Å². The standard InChI is InChI=1S/C20H23FN4O2/c21-17-6-1-2-7-18(17)24-20(27)19(26)23-13-15-8-11-25(12-9-15)14-16-5-3-4-10-22-16/h1-7,10,15H,8-9,11-14H2,(H,23,26)(H,24,27). The average molecular weight is 370 g/mol. The molecule has 2 heterocycles. The van der Waals surface area contributed by atoms with Gasteiger partial charge in [-0.05, 0) is 56.1 Å². The Bertz CT molecular complexity index is 777. The van der Waals surface area contributed by atoms with Crippen LogP contribution in [-0.4, -0.2) is 41.3 Å². The molecule has 27 heavy (non-hydrogen) atoms. The summed E-state index contributed by atoms with van der Waals surface area (Å²) in [5.41, 5.74) is 1.05. The number of anilines is 1. The maximum Gasteiger partial charge on any atom is 0.313 e. The van der Waals surface area contributed by atoms with Crippen LogP contribution in [0.15, 0.2) is 48.7 Å². The molecule has 0 saturated carbocycles. The molecule has 142 valence electrons. The Morgan fingerprint density at radius 1 is 1.07 bits per heavy atom. The third-order valence-corrected chi connectivity index (χ3v) is 4.70. The Morgan fingerprint density at radius 2 is 1.81 bits per heavy atom. The van der Waals surface area contributed by atoms with E-state index in [0.29, 0.717) is 12.5 Å². The average Bonchev–Trinajstić information content (AvgIpc) is 2.69. The number of para-hydroxylation sites is 1. The molecule has 1 aromatic carbocycles. The highest BCUT2D eigenvalue weighted by Crippen LogP contribution is 2.18. The van der Waals surface area contributed by atoms with Crippen molar-refractivity contribution in [3.05, 3.63) is 60.2 Å². The van der Waals surface area contributed by atoms with Gasteiger partial charge in [0.2, 0.25) is 0 Å². The van der Waals surface area contributed by atoms with Crippen LogP contribution in [0.4, 0.5) is 10.1 Å². The van der Waals surface area contributed by atoms with E-state index in [0.717, 1.165) is 38.2 Å². The van der Waals surface area contributed by atoms with Crippen molar-refractivity contribution in [1.29, 1.82) is 0 Å². The highest BCUT2D eigenvalue weighted by atomic mass is 19.1. The molecule has 0 atom stereocenters. The molecule has 0 unspecified atom stereocenters. The van der Waals surface area contributed by atoms with Crippen molar-refractivity contribution in [3.63, 3.8) is 0 Å². The number of nitrogens with one attached hydrogen (secondary N) is 2. The predicted molar refractivity (Wildman–Crippen MR) is 100 cm³/mol. The molecular formula is C20H23FN4O2. The lowest BCUT2D eigenvalue weighted by Crippen LogP contribution is -2.41. The summed E-state index contributed by atoms with van der Waals surface area (Å²) in [6, 6.07) is 11.7. The van der Waals surface area contributed by atoms with Crippen molar-refractivity contribution in [3.8, 4) is 0 Å². The van der Waals surface area contributed by atoms with E-state index < -0.39 is 17.6 Å². The minimum atomic E-state index is -0.854. The molecule has 7 heteroatoms. The summed E-state index contributed by atoms with van der Waals surface area (Å²) >= 11 is 0. The monoisotopic (exact) mass is 370 g/mol. The summed E-state index contributed by atoms with van der Waals surface area (Å²) in [6.45, 7) is 3.13. The summed E-state index contributed by atoms with van der Waals surface area (Å²) in [6.07, 6.45) is 3.69. The van der Waals surface area contributed by atoms with Gasteiger partial charge in [-0.1, -0.05) is 18.2 Å². The third-order valence-electron chi connectivity index (χ3n) is 4.70. The van der Waals surface area contributed by atoms with Gasteiger partial charge in [0, 0.05) is 19.3 Å². The van der Waals surface area contributed by atoms with Gasteiger partial charge in [0.05, 0.1) is 11.4 Å². The molecule has 1 saturated heterocycles. The van der Waals surface area contributed by atoms with E-state index in [9.17, 15) is 14.0 Å². The molecule has 0 aliphatic carbocycles. The number of likely N-dealkylation sites (tertiary alicyclic amines) is 1. The van der Waals surface area contributed by atoms with Crippen molar-refractivity contribution in [2.24, 2.45) is 5.92 Å².